The van der Waals surface area contributed by atoms with Gasteiger partial charge in [0.2, 0.25) is 0 Å². The molecule has 0 spiro atoms. The summed E-state index contributed by atoms with van der Waals surface area (Å²) in [4.78, 5) is 11.9. The molecule has 0 aromatic heterocycles. The van der Waals surface area contributed by atoms with Crippen molar-refractivity contribution in [2.45, 2.75) is 38.4 Å². The number of hydrogen-bond donors (Lipinski definition) is 0. The molecule has 3 nitrogen and oxygen atoms in total. The Morgan fingerprint density at radius 2 is 2.06 bits per heavy atom. The fourth-order valence-corrected chi connectivity index (χ4v) is 1.82. The van der Waals surface area contributed by atoms with Crippen LogP contribution in [0.5, 0.6) is 0 Å². The summed E-state index contributed by atoms with van der Waals surface area (Å²) < 4.78 is 10.9. The Morgan fingerprint density at radius 3 is 2.59 bits per heavy atom. The zero-order chi connectivity index (χ0) is 12.1. The molecule has 3 heteroatoms. The Labute approximate surface area is 102 Å². The van der Waals surface area contributed by atoms with E-state index in [-0.39, 0.29) is 12.1 Å². The van der Waals surface area contributed by atoms with Gasteiger partial charge in [-0.15, -0.1) is 0 Å². The number of rotatable bonds is 5. The molecule has 1 aromatic rings. The van der Waals surface area contributed by atoms with Crippen LogP contribution in [0.1, 0.15) is 37.9 Å². The van der Waals surface area contributed by atoms with Crippen molar-refractivity contribution in [2.75, 3.05) is 6.61 Å². The third kappa shape index (κ3) is 3.07. The summed E-state index contributed by atoms with van der Waals surface area (Å²) in [7, 11) is 0. The first-order chi connectivity index (χ1) is 8.31. The highest BCUT2D eigenvalue weighted by Crippen LogP contribution is 2.29. The maximum Gasteiger partial charge on any atom is 0.339 e. The molecule has 0 saturated heterocycles. The summed E-state index contributed by atoms with van der Waals surface area (Å²) in [6.07, 6.45) is 2.92. The molecule has 0 aliphatic heterocycles. The fourth-order valence-electron chi connectivity index (χ4n) is 1.82. The van der Waals surface area contributed by atoms with Crippen LogP contribution >= 0.6 is 0 Å². The SMILES string of the molecule is CCOC(=O)C(OC1CCC1)c1ccccc1. The topological polar surface area (TPSA) is 35.5 Å². The van der Waals surface area contributed by atoms with Gasteiger partial charge in [0.15, 0.2) is 6.10 Å². The van der Waals surface area contributed by atoms with Gasteiger partial charge < -0.3 is 9.47 Å². The van der Waals surface area contributed by atoms with Crippen LogP contribution in [0.25, 0.3) is 0 Å². The van der Waals surface area contributed by atoms with Crippen molar-refractivity contribution in [1.29, 1.82) is 0 Å². The Bertz CT molecular complexity index is 357. The largest absolute Gasteiger partial charge is 0.464 e. The van der Waals surface area contributed by atoms with Crippen molar-refractivity contribution in [3.05, 3.63) is 35.9 Å². The van der Waals surface area contributed by atoms with Gasteiger partial charge in [-0.25, -0.2) is 4.79 Å². The van der Waals surface area contributed by atoms with Crippen molar-refractivity contribution in [1.82, 2.24) is 0 Å². The summed E-state index contributed by atoms with van der Waals surface area (Å²) in [5.41, 5.74) is 0.873. The van der Waals surface area contributed by atoms with Gasteiger partial charge in [0.1, 0.15) is 0 Å². The van der Waals surface area contributed by atoms with Gasteiger partial charge >= 0.3 is 5.97 Å². The zero-order valence-electron chi connectivity index (χ0n) is 10.1. The molecular formula is C14H18O3. The van der Waals surface area contributed by atoms with Crippen LogP contribution in [0.2, 0.25) is 0 Å². The minimum absolute atomic E-state index is 0.213. The van der Waals surface area contributed by atoms with E-state index < -0.39 is 6.10 Å². The van der Waals surface area contributed by atoms with Crippen LogP contribution in [0.15, 0.2) is 30.3 Å². The first kappa shape index (κ1) is 12.1. The molecule has 0 amide bonds. The number of carbonyl (C=O) groups excluding carboxylic acids is 1. The third-order valence-corrected chi connectivity index (χ3v) is 2.98. The van der Waals surface area contributed by atoms with Gasteiger partial charge in [0, 0.05) is 0 Å². The second-order valence-corrected chi connectivity index (χ2v) is 4.23. The Balaban J connectivity index is 2.08. The number of hydrogen-bond acceptors (Lipinski definition) is 3. The quantitative estimate of drug-likeness (QED) is 0.735. The van der Waals surface area contributed by atoms with Crippen molar-refractivity contribution in [2.24, 2.45) is 0 Å². The predicted octanol–water partition coefficient (Wildman–Crippen LogP) is 2.86. The standard InChI is InChI=1S/C14H18O3/c1-2-16-14(15)13(17-12-9-6-10-12)11-7-4-3-5-8-11/h3-5,7-8,12-13H,2,6,9-10H2,1H3. The summed E-state index contributed by atoms with van der Waals surface area (Å²) >= 11 is 0. The highest BCUT2D eigenvalue weighted by atomic mass is 16.6. The number of benzene rings is 1. The zero-order valence-corrected chi connectivity index (χ0v) is 10.1. The molecular weight excluding hydrogens is 216 g/mol. The summed E-state index contributed by atoms with van der Waals surface area (Å²) in [6.45, 7) is 2.19. The van der Waals surface area contributed by atoms with Crippen LogP contribution < -0.4 is 0 Å². The Kier molecular flexibility index (Phi) is 4.15. The molecule has 0 heterocycles. The lowest BCUT2D eigenvalue weighted by atomic mass is 9.95. The molecule has 2 rings (SSSR count). The van der Waals surface area contributed by atoms with Gasteiger partial charge in [0.05, 0.1) is 12.7 Å². The molecule has 17 heavy (non-hydrogen) atoms. The van der Waals surface area contributed by atoms with E-state index in [0.29, 0.717) is 6.61 Å². The molecule has 1 fully saturated rings. The van der Waals surface area contributed by atoms with Gasteiger partial charge in [-0.05, 0) is 31.7 Å². The molecule has 1 aliphatic carbocycles. The molecule has 92 valence electrons. The first-order valence-corrected chi connectivity index (χ1v) is 6.18. The van der Waals surface area contributed by atoms with Gasteiger partial charge in [-0.3, -0.25) is 0 Å². The highest BCUT2D eigenvalue weighted by Gasteiger charge is 2.29. The molecule has 1 unspecified atom stereocenters. The monoisotopic (exact) mass is 234 g/mol. The molecule has 1 atom stereocenters. The van der Waals surface area contributed by atoms with Crippen LogP contribution in [-0.4, -0.2) is 18.7 Å². The minimum atomic E-state index is -0.568. The molecule has 0 radical (unpaired) electrons. The normalized spacial score (nSPS) is 17.2. The average molecular weight is 234 g/mol. The van der Waals surface area contributed by atoms with E-state index in [1.54, 1.807) is 0 Å². The summed E-state index contributed by atoms with van der Waals surface area (Å²) in [5.74, 6) is -0.286. The van der Waals surface area contributed by atoms with Crippen molar-refractivity contribution in [3.63, 3.8) is 0 Å². The Hall–Kier alpha value is -1.35. The van der Waals surface area contributed by atoms with E-state index in [1.807, 2.05) is 37.3 Å². The van der Waals surface area contributed by atoms with E-state index >= 15 is 0 Å². The van der Waals surface area contributed by atoms with Crippen LogP contribution in [-0.2, 0) is 14.3 Å². The van der Waals surface area contributed by atoms with E-state index in [2.05, 4.69) is 0 Å². The number of esters is 1. The van der Waals surface area contributed by atoms with Crippen LogP contribution in [0, 0.1) is 0 Å². The second kappa shape index (κ2) is 5.82. The number of carbonyl (C=O) groups is 1. The summed E-state index contributed by atoms with van der Waals surface area (Å²) in [5, 5.41) is 0. The molecule has 0 N–H and O–H groups in total. The maximum absolute atomic E-state index is 11.9. The smallest absolute Gasteiger partial charge is 0.339 e. The second-order valence-electron chi connectivity index (χ2n) is 4.23. The predicted molar refractivity (Wildman–Crippen MR) is 64.5 cm³/mol. The minimum Gasteiger partial charge on any atom is -0.464 e. The van der Waals surface area contributed by atoms with Crippen molar-refractivity contribution in [3.8, 4) is 0 Å². The molecule has 1 aromatic carbocycles. The van der Waals surface area contributed by atoms with Crippen LogP contribution in [0.3, 0.4) is 0 Å². The van der Waals surface area contributed by atoms with Gasteiger partial charge in [-0.1, -0.05) is 30.3 Å². The molecule has 1 aliphatic rings. The van der Waals surface area contributed by atoms with Gasteiger partial charge in [-0.2, -0.15) is 0 Å². The number of ether oxygens (including phenoxy) is 2. The van der Waals surface area contributed by atoms with Gasteiger partial charge in [0.25, 0.3) is 0 Å². The molecule has 0 bridgehead atoms. The lowest BCUT2D eigenvalue weighted by Gasteiger charge is -2.29. The maximum atomic E-state index is 11.9. The van der Waals surface area contributed by atoms with Crippen LogP contribution in [0.4, 0.5) is 0 Å². The van der Waals surface area contributed by atoms with E-state index in [9.17, 15) is 4.79 Å². The average Bonchev–Trinajstić information content (AvgIpc) is 2.29. The van der Waals surface area contributed by atoms with Crippen molar-refractivity contribution < 1.29 is 14.3 Å². The fraction of sp³-hybridized carbons (Fsp3) is 0.500. The Morgan fingerprint density at radius 1 is 1.35 bits per heavy atom. The highest BCUT2D eigenvalue weighted by molar-refractivity contribution is 5.76. The van der Waals surface area contributed by atoms with E-state index in [0.717, 1.165) is 18.4 Å². The lowest BCUT2D eigenvalue weighted by molar-refractivity contribution is -0.164. The summed E-state index contributed by atoms with van der Waals surface area (Å²) in [6, 6.07) is 9.55. The first-order valence-electron chi connectivity index (χ1n) is 6.18. The molecule has 1 saturated carbocycles. The lowest BCUT2D eigenvalue weighted by Crippen LogP contribution is -2.28. The van der Waals surface area contributed by atoms with Crippen molar-refractivity contribution >= 4 is 5.97 Å². The van der Waals surface area contributed by atoms with E-state index in [4.69, 9.17) is 9.47 Å². The third-order valence-electron chi connectivity index (χ3n) is 2.98. The van der Waals surface area contributed by atoms with E-state index in [1.165, 1.54) is 6.42 Å².